The lowest BCUT2D eigenvalue weighted by Crippen LogP contribution is -2.50. The van der Waals surface area contributed by atoms with Crippen molar-refractivity contribution in [2.24, 2.45) is 11.8 Å². The first-order valence-electron chi connectivity index (χ1n) is 10.2. The van der Waals surface area contributed by atoms with E-state index < -0.39 is 12.0 Å². The van der Waals surface area contributed by atoms with Gasteiger partial charge < -0.3 is 15.7 Å². The molecule has 1 aliphatic rings. The molecule has 3 N–H and O–H groups in total. The molecule has 0 bridgehead atoms. The average Bonchev–Trinajstić information content (AvgIpc) is 2.66. The highest BCUT2D eigenvalue weighted by atomic mass is 16.4. The monoisotopic (exact) mass is 374 g/mol. The van der Waals surface area contributed by atoms with Crippen molar-refractivity contribution in [2.75, 3.05) is 7.05 Å². The lowest BCUT2D eigenvalue weighted by Gasteiger charge is -2.31. The number of carboxylic acid groups (broad SMARTS) is 1. The van der Waals surface area contributed by atoms with Gasteiger partial charge in [0.25, 0.3) is 0 Å². The van der Waals surface area contributed by atoms with Crippen LogP contribution in [0.25, 0.3) is 0 Å². The number of carboxylic acids is 1. The van der Waals surface area contributed by atoms with E-state index in [-0.39, 0.29) is 17.9 Å². The van der Waals surface area contributed by atoms with E-state index >= 15 is 0 Å². The number of nitrogens with one attached hydrogen (secondary N) is 2. The van der Waals surface area contributed by atoms with Crippen molar-refractivity contribution in [3.63, 3.8) is 0 Å². The van der Waals surface area contributed by atoms with Crippen molar-refractivity contribution in [3.8, 4) is 0 Å². The Balaban J connectivity index is 1.85. The number of hydrogen-bond donors (Lipinski definition) is 3. The standard InChI is InChI=1S/C22H34N2O3/c1-15(2)13-20(22(26)27)24-21(25)19(23-3)14-16-9-11-18(12-10-16)17-7-5-4-6-8-17/h4-8,15-16,18-20,23H,9-14H2,1-3H3,(H,24,25)(H,26,27)/t16?,18?,19-,20+/m0/s1. The van der Waals surface area contributed by atoms with Gasteiger partial charge in [-0.25, -0.2) is 4.79 Å². The molecule has 150 valence electrons. The number of likely N-dealkylation sites (N-methyl/N-ethyl adjacent to an activating group) is 1. The third-order valence-electron chi connectivity index (χ3n) is 5.67. The molecule has 0 aliphatic heterocycles. The smallest absolute Gasteiger partial charge is 0.326 e. The largest absolute Gasteiger partial charge is 0.480 e. The molecule has 2 atom stereocenters. The molecular formula is C22H34N2O3. The number of aliphatic carboxylic acids is 1. The van der Waals surface area contributed by atoms with E-state index in [9.17, 15) is 14.7 Å². The minimum Gasteiger partial charge on any atom is -0.480 e. The third-order valence-corrected chi connectivity index (χ3v) is 5.67. The molecule has 0 unspecified atom stereocenters. The van der Waals surface area contributed by atoms with Crippen LogP contribution in [0.3, 0.4) is 0 Å². The second-order valence-electron chi connectivity index (χ2n) is 8.23. The van der Waals surface area contributed by atoms with Crippen molar-refractivity contribution in [1.29, 1.82) is 0 Å². The molecule has 27 heavy (non-hydrogen) atoms. The summed E-state index contributed by atoms with van der Waals surface area (Å²) in [6.45, 7) is 3.92. The average molecular weight is 375 g/mol. The van der Waals surface area contributed by atoms with E-state index in [1.807, 2.05) is 13.8 Å². The van der Waals surface area contributed by atoms with Crippen molar-refractivity contribution in [1.82, 2.24) is 10.6 Å². The second-order valence-corrected chi connectivity index (χ2v) is 8.23. The highest BCUT2D eigenvalue weighted by Gasteiger charge is 2.29. The van der Waals surface area contributed by atoms with Gasteiger partial charge in [-0.15, -0.1) is 0 Å². The van der Waals surface area contributed by atoms with Crippen LogP contribution in [0.2, 0.25) is 0 Å². The van der Waals surface area contributed by atoms with Crippen LogP contribution in [-0.2, 0) is 9.59 Å². The Morgan fingerprint density at radius 1 is 1.07 bits per heavy atom. The maximum absolute atomic E-state index is 12.6. The predicted molar refractivity (Wildman–Crippen MR) is 108 cm³/mol. The highest BCUT2D eigenvalue weighted by molar-refractivity contribution is 5.86. The van der Waals surface area contributed by atoms with Gasteiger partial charge in [-0.05, 0) is 68.9 Å². The molecule has 1 amide bonds. The number of rotatable bonds is 9. The maximum atomic E-state index is 12.6. The molecule has 2 rings (SSSR count). The molecule has 1 saturated carbocycles. The van der Waals surface area contributed by atoms with E-state index in [0.717, 1.165) is 32.1 Å². The van der Waals surface area contributed by atoms with Crippen LogP contribution in [0.4, 0.5) is 0 Å². The fourth-order valence-corrected chi connectivity index (χ4v) is 4.11. The van der Waals surface area contributed by atoms with Gasteiger partial charge in [0.15, 0.2) is 0 Å². The number of amides is 1. The van der Waals surface area contributed by atoms with E-state index in [2.05, 4.69) is 41.0 Å². The summed E-state index contributed by atoms with van der Waals surface area (Å²) < 4.78 is 0. The predicted octanol–water partition coefficient (Wildman–Crippen LogP) is 3.55. The summed E-state index contributed by atoms with van der Waals surface area (Å²) in [6, 6.07) is 9.50. The van der Waals surface area contributed by atoms with E-state index in [1.54, 1.807) is 7.05 Å². The molecular weight excluding hydrogens is 340 g/mol. The molecule has 1 aliphatic carbocycles. The van der Waals surface area contributed by atoms with Gasteiger partial charge in [0.2, 0.25) is 5.91 Å². The lowest BCUT2D eigenvalue weighted by molar-refractivity contribution is -0.142. The quantitative estimate of drug-likeness (QED) is 0.618. The summed E-state index contributed by atoms with van der Waals surface area (Å²) >= 11 is 0. The summed E-state index contributed by atoms with van der Waals surface area (Å²) in [5, 5.41) is 15.2. The normalized spacial score (nSPS) is 22.2. The Kier molecular flexibility index (Phi) is 8.29. The highest BCUT2D eigenvalue weighted by Crippen LogP contribution is 2.37. The van der Waals surface area contributed by atoms with Crippen LogP contribution in [0.15, 0.2) is 30.3 Å². The number of carbonyl (C=O) groups excluding carboxylic acids is 1. The maximum Gasteiger partial charge on any atom is 0.326 e. The molecule has 0 spiro atoms. The summed E-state index contributed by atoms with van der Waals surface area (Å²) in [4.78, 5) is 24.0. The fourth-order valence-electron chi connectivity index (χ4n) is 4.11. The Labute approximate surface area is 162 Å². The minimum atomic E-state index is -0.963. The molecule has 5 heteroatoms. The van der Waals surface area contributed by atoms with Gasteiger partial charge in [-0.3, -0.25) is 4.79 Å². The zero-order valence-corrected chi connectivity index (χ0v) is 16.8. The first-order valence-corrected chi connectivity index (χ1v) is 10.2. The topological polar surface area (TPSA) is 78.4 Å². The van der Waals surface area contributed by atoms with Gasteiger partial charge in [0, 0.05) is 0 Å². The van der Waals surface area contributed by atoms with Gasteiger partial charge in [-0.2, -0.15) is 0 Å². The Hall–Kier alpha value is -1.88. The molecule has 1 aromatic carbocycles. The van der Waals surface area contributed by atoms with Crippen LogP contribution in [-0.4, -0.2) is 36.1 Å². The van der Waals surface area contributed by atoms with Crippen LogP contribution >= 0.6 is 0 Å². The SMILES string of the molecule is CN[C@@H](CC1CCC(c2ccccc2)CC1)C(=O)N[C@H](CC(C)C)C(=O)O. The molecule has 1 aromatic rings. The molecule has 0 radical (unpaired) electrons. The van der Waals surface area contributed by atoms with E-state index in [4.69, 9.17) is 0 Å². The summed E-state index contributed by atoms with van der Waals surface area (Å²) in [5.74, 6) is 0.173. The minimum absolute atomic E-state index is 0.198. The van der Waals surface area contributed by atoms with E-state index in [1.165, 1.54) is 5.56 Å². The molecule has 0 aromatic heterocycles. The van der Waals surface area contributed by atoms with Crippen molar-refractivity contribution in [2.45, 2.75) is 70.4 Å². The Morgan fingerprint density at radius 2 is 1.70 bits per heavy atom. The van der Waals surface area contributed by atoms with Crippen molar-refractivity contribution in [3.05, 3.63) is 35.9 Å². The van der Waals surface area contributed by atoms with E-state index in [0.29, 0.717) is 18.3 Å². The van der Waals surface area contributed by atoms with Gasteiger partial charge >= 0.3 is 5.97 Å². The zero-order chi connectivity index (χ0) is 19.8. The van der Waals surface area contributed by atoms with Crippen LogP contribution in [0, 0.1) is 11.8 Å². The summed E-state index contributed by atoms with van der Waals surface area (Å²) in [6.07, 6.45) is 5.73. The fraction of sp³-hybridized carbons (Fsp3) is 0.636. The lowest BCUT2D eigenvalue weighted by atomic mass is 9.76. The van der Waals surface area contributed by atoms with Crippen molar-refractivity contribution < 1.29 is 14.7 Å². The zero-order valence-electron chi connectivity index (χ0n) is 16.8. The summed E-state index contributed by atoms with van der Waals surface area (Å²) in [5.41, 5.74) is 1.41. The Morgan fingerprint density at radius 3 is 2.22 bits per heavy atom. The van der Waals surface area contributed by atoms with Crippen LogP contribution in [0.5, 0.6) is 0 Å². The third kappa shape index (κ3) is 6.65. The second kappa shape index (κ2) is 10.5. The van der Waals surface area contributed by atoms with Crippen LogP contribution in [0.1, 0.15) is 63.9 Å². The Bertz CT molecular complexity index is 595. The summed E-state index contributed by atoms with van der Waals surface area (Å²) in [7, 11) is 1.78. The molecule has 0 saturated heterocycles. The number of benzene rings is 1. The van der Waals surface area contributed by atoms with Gasteiger partial charge in [0.1, 0.15) is 6.04 Å². The molecule has 1 fully saturated rings. The first kappa shape index (κ1) is 21.4. The number of carbonyl (C=O) groups is 2. The van der Waals surface area contributed by atoms with Crippen LogP contribution < -0.4 is 10.6 Å². The number of hydrogen-bond acceptors (Lipinski definition) is 3. The van der Waals surface area contributed by atoms with Gasteiger partial charge in [-0.1, -0.05) is 44.2 Å². The first-order chi connectivity index (χ1) is 12.9. The molecule has 0 heterocycles. The molecule has 5 nitrogen and oxygen atoms in total. The van der Waals surface area contributed by atoms with Crippen molar-refractivity contribution >= 4 is 11.9 Å². The van der Waals surface area contributed by atoms with Gasteiger partial charge in [0.05, 0.1) is 6.04 Å².